The normalized spacial score (nSPS) is 13.0. The van der Waals surface area contributed by atoms with Crippen LogP contribution in [0.15, 0.2) is 24.3 Å². The maximum atomic E-state index is 3.60. The summed E-state index contributed by atoms with van der Waals surface area (Å²) in [6.45, 7) is 10.00. The lowest BCUT2D eigenvalue weighted by Crippen LogP contribution is -2.21. The summed E-state index contributed by atoms with van der Waals surface area (Å²) in [7, 11) is 0. The molecule has 1 unspecified atom stereocenters. The summed E-state index contributed by atoms with van der Waals surface area (Å²) >= 11 is 0. The van der Waals surface area contributed by atoms with Crippen molar-refractivity contribution in [2.45, 2.75) is 53.0 Å². The van der Waals surface area contributed by atoms with Crippen molar-refractivity contribution in [2.75, 3.05) is 6.54 Å². The van der Waals surface area contributed by atoms with Gasteiger partial charge in [-0.1, -0.05) is 63.4 Å². The van der Waals surface area contributed by atoms with Gasteiger partial charge in [-0.2, -0.15) is 0 Å². The van der Waals surface area contributed by atoms with E-state index in [4.69, 9.17) is 0 Å². The lowest BCUT2D eigenvalue weighted by molar-refractivity contribution is 0.455. The van der Waals surface area contributed by atoms with Crippen molar-refractivity contribution in [3.8, 4) is 0 Å². The third-order valence-corrected chi connectivity index (χ3v) is 3.17. The Morgan fingerprint density at radius 1 is 1.18 bits per heavy atom. The number of nitrogens with one attached hydrogen (secondary N) is 1. The fraction of sp³-hybridized carbons (Fsp3) is 0.625. The molecule has 0 aromatic heterocycles. The van der Waals surface area contributed by atoms with Crippen LogP contribution in [0.4, 0.5) is 0 Å². The molecule has 1 N–H and O–H groups in total. The lowest BCUT2D eigenvalue weighted by atomic mass is 9.97. The molecule has 96 valence electrons. The van der Waals surface area contributed by atoms with Crippen molar-refractivity contribution in [1.82, 2.24) is 5.32 Å². The highest BCUT2D eigenvalue weighted by Crippen LogP contribution is 2.21. The van der Waals surface area contributed by atoms with E-state index in [-0.39, 0.29) is 0 Å². The zero-order valence-electron chi connectivity index (χ0n) is 11.8. The second kappa shape index (κ2) is 7.50. The van der Waals surface area contributed by atoms with Crippen LogP contribution in [0.1, 0.15) is 57.2 Å². The van der Waals surface area contributed by atoms with E-state index in [0.29, 0.717) is 6.04 Å². The number of rotatable bonds is 7. The predicted molar refractivity (Wildman–Crippen MR) is 76.3 cm³/mol. The molecule has 0 saturated carbocycles. The van der Waals surface area contributed by atoms with Gasteiger partial charge in [0, 0.05) is 6.04 Å². The van der Waals surface area contributed by atoms with Crippen LogP contribution >= 0.6 is 0 Å². The van der Waals surface area contributed by atoms with E-state index in [2.05, 4.69) is 57.3 Å². The van der Waals surface area contributed by atoms with Gasteiger partial charge in [-0.05, 0) is 31.4 Å². The molecular weight excluding hydrogens is 206 g/mol. The number of hydrogen-bond donors (Lipinski definition) is 1. The van der Waals surface area contributed by atoms with Gasteiger partial charge in [0.2, 0.25) is 0 Å². The molecular formula is C16H27N. The first-order valence-electron chi connectivity index (χ1n) is 6.93. The van der Waals surface area contributed by atoms with Crippen molar-refractivity contribution in [2.24, 2.45) is 5.92 Å². The van der Waals surface area contributed by atoms with E-state index in [1.165, 1.54) is 30.4 Å². The standard InChI is InChI=1S/C16H27N/c1-5-17-16(11-6-8-13(2)3)15-10-7-9-14(4)12-15/h7,9-10,12-13,16-17H,5-6,8,11H2,1-4H3. The third kappa shape index (κ3) is 5.36. The lowest BCUT2D eigenvalue weighted by Gasteiger charge is -2.19. The van der Waals surface area contributed by atoms with Gasteiger partial charge >= 0.3 is 0 Å². The van der Waals surface area contributed by atoms with E-state index in [1.54, 1.807) is 0 Å². The Kier molecular flexibility index (Phi) is 6.28. The molecule has 0 bridgehead atoms. The maximum absolute atomic E-state index is 3.60. The van der Waals surface area contributed by atoms with Gasteiger partial charge in [-0.3, -0.25) is 0 Å². The van der Waals surface area contributed by atoms with Gasteiger partial charge in [-0.25, -0.2) is 0 Å². The summed E-state index contributed by atoms with van der Waals surface area (Å²) in [6.07, 6.45) is 3.88. The van der Waals surface area contributed by atoms with E-state index < -0.39 is 0 Å². The third-order valence-electron chi connectivity index (χ3n) is 3.17. The van der Waals surface area contributed by atoms with Gasteiger partial charge in [0.1, 0.15) is 0 Å². The summed E-state index contributed by atoms with van der Waals surface area (Å²) in [4.78, 5) is 0. The smallest absolute Gasteiger partial charge is 0.0320 e. The Labute approximate surface area is 107 Å². The largest absolute Gasteiger partial charge is 0.310 e. The molecule has 0 aliphatic heterocycles. The molecule has 1 aromatic rings. The summed E-state index contributed by atoms with van der Waals surface area (Å²) < 4.78 is 0. The van der Waals surface area contributed by atoms with Crippen LogP contribution in [0.2, 0.25) is 0 Å². The summed E-state index contributed by atoms with van der Waals surface area (Å²) in [5.41, 5.74) is 2.80. The van der Waals surface area contributed by atoms with Gasteiger partial charge in [-0.15, -0.1) is 0 Å². The van der Waals surface area contributed by atoms with E-state index in [1.807, 2.05) is 0 Å². The number of aryl methyl sites for hydroxylation is 1. The summed E-state index contributed by atoms with van der Waals surface area (Å²) in [5.74, 6) is 0.815. The van der Waals surface area contributed by atoms with Gasteiger partial charge in [0.25, 0.3) is 0 Å². The molecule has 1 atom stereocenters. The molecule has 1 rings (SSSR count). The SMILES string of the molecule is CCNC(CCCC(C)C)c1cccc(C)c1. The quantitative estimate of drug-likeness (QED) is 0.732. The molecule has 0 spiro atoms. The van der Waals surface area contributed by atoms with Crippen molar-refractivity contribution in [1.29, 1.82) is 0 Å². The van der Waals surface area contributed by atoms with Crippen LogP contribution < -0.4 is 5.32 Å². The molecule has 0 radical (unpaired) electrons. The van der Waals surface area contributed by atoms with E-state index >= 15 is 0 Å². The van der Waals surface area contributed by atoms with Crippen LogP contribution in [-0.4, -0.2) is 6.54 Å². The van der Waals surface area contributed by atoms with Gasteiger partial charge in [0.05, 0.1) is 0 Å². The Balaban J connectivity index is 2.58. The second-order valence-electron chi connectivity index (χ2n) is 5.35. The topological polar surface area (TPSA) is 12.0 Å². The molecule has 1 nitrogen and oxygen atoms in total. The summed E-state index contributed by atoms with van der Waals surface area (Å²) in [5, 5.41) is 3.60. The average molecular weight is 233 g/mol. The minimum atomic E-state index is 0.527. The van der Waals surface area contributed by atoms with Crippen LogP contribution in [0, 0.1) is 12.8 Å². The summed E-state index contributed by atoms with van der Waals surface area (Å²) in [6, 6.07) is 9.41. The first-order valence-corrected chi connectivity index (χ1v) is 6.93. The molecule has 0 heterocycles. The van der Waals surface area contributed by atoms with Crippen molar-refractivity contribution in [3.63, 3.8) is 0 Å². The fourth-order valence-electron chi connectivity index (χ4n) is 2.25. The van der Waals surface area contributed by atoms with Gasteiger partial charge in [0.15, 0.2) is 0 Å². The van der Waals surface area contributed by atoms with Crippen LogP contribution in [0.25, 0.3) is 0 Å². The first-order chi connectivity index (χ1) is 8.13. The van der Waals surface area contributed by atoms with Crippen molar-refractivity contribution in [3.05, 3.63) is 35.4 Å². The predicted octanol–water partition coefficient (Wildman–Crippen LogP) is 4.47. The highest BCUT2D eigenvalue weighted by atomic mass is 14.9. The molecule has 17 heavy (non-hydrogen) atoms. The number of hydrogen-bond acceptors (Lipinski definition) is 1. The Morgan fingerprint density at radius 2 is 1.94 bits per heavy atom. The molecule has 0 aliphatic carbocycles. The molecule has 0 fully saturated rings. The van der Waals surface area contributed by atoms with Crippen LogP contribution in [-0.2, 0) is 0 Å². The Bertz CT molecular complexity index is 317. The number of benzene rings is 1. The zero-order valence-corrected chi connectivity index (χ0v) is 11.8. The van der Waals surface area contributed by atoms with E-state index in [9.17, 15) is 0 Å². The van der Waals surface area contributed by atoms with Crippen molar-refractivity contribution < 1.29 is 0 Å². The Hall–Kier alpha value is -0.820. The molecule has 0 saturated heterocycles. The average Bonchev–Trinajstić information content (AvgIpc) is 2.27. The minimum Gasteiger partial charge on any atom is -0.310 e. The van der Waals surface area contributed by atoms with Crippen LogP contribution in [0.3, 0.4) is 0 Å². The molecule has 1 heteroatoms. The highest BCUT2D eigenvalue weighted by Gasteiger charge is 2.10. The zero-order chi connectivity index (χ0) is 12.7. The van der Waals surface area contributed by atoms with Crippen LogP contribution in [0.5, 0.6) is 0 Å². The van der Waals surface area contributed by atoms with Gasteiger partial charge < -0.3 is 5.32 Å². The highest BCUT2D eigenvalue weighted by molar-refractivity contribution is 5.25. The monoisotopic (exact) mass is 233 g/mol. The molecule has 1 aromatic carbocycles. The molecule has 0 amide bonds. The second-order valence-corrected chi connectivity index (χ2v) is 5.35. The fourth-order valence-corrected chi connectivity index (χ4v) is 2.25. The first kappa shape index (κ1) is 14.2. The van der Waals surface area contributed by atoms with E-state index in [0.717, 1.165) is 12.5 Å². The van der Waals surface area contributed by atoms with Crippen molar-refractivity contribution >= 4 is 0 Å². The Morgan fingerprint density at radius 3 is 2.53 bits per heavy atom. The molecule has 0 aliphatic rings. The minimum absolute atomic E-state index is 0.527. The maximum Gasteiger partial charge on any atom is 0.0320 e.